The number of ether oxygens (including phenoxy) is 2. The fourth-order valence-corrected chi connectivity index (χ4v) is 4.78. The van der Waals surface area contributed by atoms with Crippen LogP contribution in [0.25, 0.3) is 0 Å². The lowest BCUT2D eigenvalue weighted by molar-refractivity contribution is -0.118. The first-order valence-electron chi connectivity index (χ1n) is 11.6. The smallest absolute Gasteiger partial charge is 0.242 e. The Hall–Kier alpha value is -3.45. The summed E-state index contributed by atoms with van der Waals surface area (Å²) in [6, 6.07) is 22.6. The van der Waals surface area contributed by atoms with Crippen molar-refractivity contribution in [3.63, 3.8) is 0 Å². The van der Waals surface area contributed by atoms with Gasteiger partial charge in [0.05, 0.1) is 0 Å². The van der Waals surface area contributed by atoms with Gasteiger partial charge in [0.25, 0.3) is 0 Å². The van der Waals surface area contributed by atoms with E-state index >= 15 is 0 Å². The fourth-order valence-electron chi connectivity index (χ4n) is 3.70. The van der Waals surface area contributed by atoms with E-state index < -0.39 is 5.25 Å². The van der Waals surface area contributed by atoms with Crippen molar-refractivity contribution in [3.8, 4) is 11.5 Å². The Labute approximate surface area is 210 Å². The molecular weight excluding hydrogens is 460 g/mol. The number of amides is 2. The zero-order chi connectivity index (χ0) is 24.8. The van der Waals surface area contributed by atoms with Crippen LogP contribution in [0, 0.1) is 5.41 Å². The molecule has 0 fully saturated rings. The molecule has 35 heavy (non-hydrogen) atoms. The number of rotatable bonds is 7. The number of nitrogens with one attached hydrogen (secondary N) is 2. The van der Waals surface area contributed by atoms with Gasteiger partial charge in [-0.2, -0.15) is 0 Å². The Bertz CT molecular complexity index is 1190. The largest absolute Gasteiger partial charge is 0.486 e. The van der Waals surface area contributed by atoms with Crippen LogP contribution in [0.1, 0.15) is 38.0 Å². The van der Waals surface area contributed by atoms with Gasteiger partial charge in [0.2, 0.25) is 11.8 Å². The number of anilines is 2. The number of fused-ring (bicyclic) bond motifs is 1. The molecule has 6 nitrogen and oxygen atoms in total. The van der Waals surface area contributed by atoms with E-state index in [2.05, 4.69) is 10.6 Å². The normalized spacial score (nSPS) is 13.6. The molecule has 1 aliphatic heterocycles. The van der Waals surface area contributed by atoms with Crippen LogP contribution in [0.4, 0.5) is 11.4 Å². The summed E-state index contributed by atoms with van der Waals surface area (Å²) in [7, 11) is 0. The molecule has 0 bridgehead atoms. The van der Waals surface area contributed by atoms with Crippen molar-refractivity contribution in [2.45, 2.75) is 37.3 Å². The van der Waals surface area contributed by atoms with E-state index in [1.807, 2.05) is 81.4 Å². The molecule has 0 aliphatic carbocycles. The Morgan fingerprint density at radius 2 is 1.57 bits per heavy atom. The average Bonchev–Trinajstić information content (AvgIpc) is 2.82. The van der Waals surface area contributed by atoms with Crippen LogP contribution in [0.15, 0.2) is 77.7 Å². The highest BCUT2D eigenvalue weighted by Gasteiger charge is 2.23. The van der Waals surface area contributed by atoms with Crippen molar-refractivity contribution in [3.05, 3.63) is 78.4 Å². The second-order valence-electron chi connectivity index (χ2n) is 9.57. The molecule has 7 heteroatoms. The fraction of sp³-hybridized carbons (Fsp3) is 0.286. The molecule has 3 aromatic rings. The maximum absolute atomic E-state index is 13.4. The summed E-state index contributed by atoms with van der Waals surface area (Å²) >= 11 is 1.43. The average molecular weight is 491 g/mol. The highest BCUT2D eigenvalue weighted by atomic mass is 32.2. The van der Waals surface area contributed by atoms with Crippen molar-refractivity contribution >= 4 is 35.0 Å². The summed E-state index contributed by atoms with van der Waals surface area (Å²) in [6.07, 6.45) is 0.426. The molecule has 4 rings (SSSR count). The van der Waals surface area contributed by atoms with E-state index in [9.17, 15) is 9.59 Å². The van der Waals surface area contributed by atoms with E-state index in [1.54, 1.807) is 12.1 Å². The second kappa shape index (κ2) is 10.9. The third kappa shape index (κ3) is 7.02. The minimum Gasteiger partial charge on any atom is -0.486 e. The molecule has 182 valence electrons. The topological polar surface area (TPSA) is 76.7 Å². The summed E-state index contributed by atoms with van der Waals surface area (Å²) in [6.45, 7) is 7.09. The van der Waals surface area contributed by atoms with E-state index in [4.69, 9.17) is 9.47 Å². The first kappa shape index (κ1) is 24.7. The summed E-state index contributed by atoms with van der Waals surface area (Å²) in [5.41, 5.74) is 2.14. The predicted octanol–water partition coefficient (Wildman–Crippen LogP) is 6.30. The number of carbonyl (C=O) groups is 2. The minimum atomic E-state index is -0.495. The molecule has 0 saturated carbocycles. The van der Waals surface area contributed by atoms with Gasteiger partial charge >= 0.3 is 0 Å². The Balaban J connectivity index is 1.52. The van der Waals surface area contributed by atoms with Crippen molar-refractivity contribution in [1.29, 1.82) is 0 Å². The molecule has 1 heterocycles. The lowest BCUT2D eigenvalue weighted by Crippen LogP contribution is -2.20. The molecule has 0 saturated heterocycles. The highest BCUT2D eigenvalue weighted by Crippen LogP contribution is 2.38. The summed E-state index contributed by atoms with van der Waals surface area (Å²) in [4.78, 5) is 26.7. The highest BCUT2D eigenvalue weighted by molar-refractivity contribution is 8.00. The van der Waals surface area contributed by atoms with Crippen LogP contribution in [-0.2, 0) is 9.59 Å². The number of hydrogen-bond acceptors (Lipinski definition) is 5. The third-order valence-electron chi connectivity index (χ3n) is 5.21. The van der Waals surface area contributed by atoms with Gasteiger partial charge in [0.1, 0.15) is 18.5 Å². The second-order valence-corrected chi connectivity index (χ2v) is 10.7. The van der Waals surface area contributed by atoms with Gasteiger partial charge in [0.15, 0.2) is 11.5 Å². The van der Waals surface area contributed by atoms with Crippen LogP contribution in [0.5, 0.6) is 11.5 Å². The summed E-state index contributed by atoms with van der Waals surface area (Å²) < 4.78 is 11.2. The first-order valence-corrected chi connectivity index (χ1v) is 12.5. The zero-order valence-corrected chi connectivity index (χ0v) is 21.0. The van der Waals surface area contributed by atoms with Gasteiger partial charge in [-0.15, -0.1) is 11.8 Å². The molecule has 2 N–H and O–H groups in total. The molecule has 3 aromatic carbocycles. The maximum atomic E-state index is 13.4. The van der Waals surface area contributed by atoms with Crippen molar-refractivity contribution < 1.29 is 19.1 Å². The Morgan fingerprint density at radius 1 is 0.857 bits per heavy atom. The molecule has 1 aliphatic rings. The van der Waals surface area contributed by atoms with Crippen molar-refractivity contribution in [1.82, 2.24) is 0 Å². The van der Waals surface area contributed by atoms with Gasteiger partial charge < -0.3 is 20.1 Å². The monoisotopic (exact) mass is 490 g/mol. The standard InChI is InChI=1S/C28H30N2O4S/c1-28(2,3)18-25(31)29-20-10-7-11-22(16-20)35-26(19-8-5-4-6-9-19)27(32)30-21-12-13-23-24(17-21)34-15-14-33-23/h4-13,16-17,26H,14-15,18H2,1-3H3,(H,29,31)(H,30,32). The van der Waals surface area contributed by atoms with Gasteiger partial charge in [-0.3, -0.25) is 9.59 Å². The van der Waals surface area contributed by atoms with Crippen LogP contribution in [0.2, 0.25) is 0 Å². The lowest BCUT2D eigenvalue weighted by Gasteiger charge is -2.21. The molecule has 0 radical (unpaired) electrons. The summed E-state index contributed by atoms with van der Waals surface area (Å²) in [5.74, 6) is 1.11. The van der Waals surface area contributed by atoms with Gasteiger partial charge in [-0.05, 0) is 41.3 Å². The molecular formula is C28H30N2O4S. The number of carbonyl (C=O) groups excluding carboxylic acids is 2. The maximum Gasteiger partial charge on any atom is 0.242 e. The van der Waals surface area contributed by atoms with Gasteiger partial charge in [0, 0.05) is 28.8 Å². The first-order chi connectivity index (χ1) is 16.8. The van der Waals surface area contributed by atoms with E-state index in [-0.39, 0.29) is 17.2 Å². The van der Waals surface area contributed by atoms with Crippen LogP contribution >= 0.6 is 11.8 Å². The van der Waals surface area contributed by atoms with Crippen LogP contribution < -0.4 is 20.1 Å². The Kier molecular flexibility index (Phi) is 7.66. The Morgan fingerprint density at radius 3 is 2.31 bits per heavy atom. The number of benzene rings is 3. The number of hydrogen-bond donors (Lipinski definition) is 2. The SMILES string of the molecule is CC(C)(C)CC(=O)Nc1cccc(SC(C(=O)Nc2ccc3c(c2)OCCO3)c2ccccc2)c1. The van der Waals surface area contributed by atoms with Gasteiger partial charge in [-0.25, -0.2) is 0 Å². The molecule has 2 amide bonds. The van der Waals surface area contributed by atoms with Crippen LogP contribution in [-0.4, -0.2) is 25.0 Å². The summed E-state index contributed by atoms with van der Waals surface area (Å²) in [5, 5.41) is 5.49. The molecule has 1 atom stereocenters. The van der Waals surface area contributed by atoms with Crippen molar-refractivity contribution in [2.24, 2.45) is 5.41 Å². The quantitative estimate of drug-likeness (QED) is 0.380. The van der Waals surface area contributed by atoms with Gasteiger partial charge in [-0.1, -0.05) is 57.2 Å². The minimum absolute atomic E-state index is 0.0318. The number of thioether (sulfide) groups is 1. The predicted molar refractivity (Wildman–Crippen MR) is 140 cm³/mol. The lowest BCUT2D eigenvalue weighted by atomic mass is 9.92. The molecule has 1 unspecified atom stereocenters. The third-order valence-corrected chi connectivity index (χ3v) is 6.46. The van der Waals surface area contributed by atoms with E-state index in [0.717, 1.165) is 10.5 Å². The van der Waals surface area contributed by atoms with E-state index in [0.29, 0.717) is 42.5 Å². The van der Waals surface area contributed by atoms with Crippen molar-refractivity contribution in [2.75, 3.05) is 23.8 Å². The molecule has 0 aromatic heterocycles. The molecule has 0 spiro atoms. The van der Waals surface area contributed by atoms with Crippen LogP contribution in [0.3, 0.4) is 0 Å². The van der Waals surface area contributed by atoms with E-state index in [1.165, 1.54) is 11.8 Å². The zero-order valence-electron chi connectivity index (χ0n) is 20.2.